The summed E-state index contributed by atoms with van der Waals surface area (Å²) in [5.74, 6) is 0.982. The summed E-state index contributed by atoms with van der Waals surface area (Å²) in [6.07, 6.45) is 3.91. The van der Waals surface area contributed by atoms with Crippen molar-refractivity contribution in [3.8, 4) is 0 Å². The van der Waals surface area contributed by atoms with Crippen molar-refractivity contribution >= 4 is 11.9 Å². The van der Waals surface area contributed by atoms with Crippen molar-refractivity contribution in [2.24, 2.45) is 0 Å². The standard InChI is InChI=1S/C17H28N4O2/c1-16(2,3)21-14(18)10-13(19-21)11-5-6-12(9-11)20(15(22)23)17(4)7-8-17/h10-12H,5-9,18H2,1-4H3,(H,22,23)/t11-,12+/m0/s1. The fraction of sp³-hybridized carbons (Fsp3) is 0.765. The van der Waals surface area contributed by atoms with Crippen LogP contribution < -0.4 is 5.73 Å². The van der Waals surface area contributed by atoms with Gasteiger partial charge in [0.15, 0.2) is 0 Å². The van der Waals surface area contributed by atoms with Gasteiger partial charge in [-0.3, -0.25) is 4.90 Å². The van der Waals surface area contributed by atoms with Crippen molar-refractivity contribution in [1.29, 1.82) is 0 Å². The van der Waals surface area contributed by atoms with Crippen LogP contribution in [0.4, 0.5) is 10.6 Å². The zero-order chi connectivity index (χ0) is 17.0. The third-order valence-electron chi connectivity index (χ3n) is 5.34. The molecule has 6 heteroatoms. The molecular formula is C17H28N4O2. The molecule has 0 saturated heterocycles. The van der Waals surface area contributed by atoms with E-state index in [4.69, 9.17) is 10.8 Å². The Labute approximate surface area is 137 Å². The molecule has 0 radical (unpaired) electrons. The number of rotatable bonds is 3. The molecule has 0 aliphatic heterocycles. The molecule has 1 aromatic rings. The fourth-order valence-electron chi connectivity index (χ4n) is 3.86. The number of carbonyl (C=O) groups is 1. The van der Waals surface area contributed by atoms with Gasteiger partial charge in [0.05, 0.1) is 11.2 Å². The van der Waals surface area contributed by atoms with E-state index in [2.05, 4.69) is 27.7 Å². The molecule has 23 heavy (non-hydrogen) atoms. The average molecular weight is 320 g/mol. The number of nitrogens with two attached hydrogens (primary N) is 1. The Kier molecular flexibility index (Phi) is 3.61. The van der Waals surface area contributed by atoms with Crippen molar-refractivity contribution in [1.82, 2.24) is 14.7 Å². The lowest BCUT2D eigenvalue weighted by Gasteiger charge is -2.32. The highest BCUT2D eigenvalue weighted by Crippen LogP contribution is 2.47. The zero-order valence-corrected chi connectivity index (χ0v) is 14.5. The number of amides is 1. The van der Waals surface area contributed by atoms with Crippen LogP contribution in [0.3, 0.4) is 0 Å². The fourth-order valence-corrected chi connectivity index (χ4v) is 3.86. The molecule has 2 atom stereocenters. The van der Waals surface area contributed by atoms with Crippen LogP contribution in [0.15, 0.2) is 6.07 Å². The van der Waals surface area contributed by atoms with E-state index in [0.717, 1.165) is 37.8 Å². The molecule has 3 N–H and O–H groups in total. The van der Waals surface area contributed by atoms with Crippen LogP contribution in [-0.4, -0.2) is 37.5 Å². The van der Waals surface area contributed by atoms with Crippen LogP contribution in [0.5, 0.6) is 0 Å². The Hall–Kier alpha value is -1.72. The van der Waals surface area contributed by atoms with Crippen molar-refractivity contribution in [2.75, 3.05) is 5.73 Å². The largest absolute Gasteiger partial charge is 0.465 e. The van der Waals surface area contributed by atoms with E-state index < -0.39 is 6.09 Å². The number of hydrogen-bond acceptors (Lipinski definition) is 3. The van der Waals surface area contributed by atoms with Gasteiger partial charge in [-0.2, -0.15) is 5.10 Å². The lowest BCUT2D eigenvalue weighted by Crippen LogP contribution is -2.45. The predicted molar refractivity (Wildman–Crippen MR) is 89.5 cm³/mol. The van der Waals surface area contributed by atoms with Crippen LogP contribution in [0.2, 0.25) is 0 Å². The van der Waals surface area contributed by atoms with Crippen LogP contribution in [0.25, 0.3) is 0 Å². The Morgan fingerprint density at radius 2 is 2.09 bits per heavy atom. The van der Waals surface area contributed by atoms with Gasteiger partial charge in [0.2, 0.25) is 0 Å². The maximum atomic E-state index is 11.7. The molecule has 3 rings (SSSR count). The Morgan fingerprint density at radius 1 is 1.43 bits per heavy atom. The maximum Gasteiger partial charge on any atom is 0.408 e. The van der Waals surface area contributed by atoms with Gasteiger partial charge in [0, 0.05) is 23.6 Å². The topological polar surface area (TPSA) is 84.4 Å². The lowest BCUT2D eigenvalue weighted by atomic mass is 10.0. The van der Waals surface area contributed by atoms with E-state index in [9.17, 15) is 9.90 Å². The third-order valence-corrected chi connectivity index (χ3v) is 5.34. The molecule has 1 heterocycles. The van der Waals surface area contributed by atoms with Crippen LogP contribution in [0.1, 0.15) is 71.4 Å². The number of hydrogen-bond donors (Lipinski definition) is 2. The lowest BCUT2D eigenvalue weighted by molar-refractivity contribution is 0.0955. The maximum absolute atomic E-state index is 11.7. The molecule has 0 unspecified atom stereocenters. The molecule has 1 amide bonds. The monoisotopic (exact) mass is 320 g/mol. The Balaban J connectivity index is 1.76. The highest BCUT2D eigenvalue weighted by atomic mass is 16.4. The molecule has 128 valence electrons. The molecule has 1 aromatic heterocycles. The molecule has 2 aliphatic rings. The summed E-state index contributed by atoms with van der Waals surface area (Å²) in [7, 11) is 0. The number of nitrogen functional groups attached to an aromatic ring is 1. The minimum absolute atomic E-state index is 0.103. The first-order chi connectivity index (χ1) is 10.6. The summed E-state index contributed by atoms with van der Waals surface area (Å²) in [6, 6.07) is 2.06. The second-order valence-corrected chi connectivity index (χ2v) is 8.39. The molecule has 0 spiro atoms. The van der Waals surface area contributed by atoms with Gasteiger partial charge in [0.1, 0.15) is 5.82 Å². The number of nitrogens with zero attached hydrogens (tertiary/aromatic N) is 3. The minimum Gasteiger partial charge on any atom is -0.465 e. The second-order valence-electron chi connectivity index (χ2n) is 8.39. The van der Waals surface area contributed by atoms with E-state index in [1.54, 1.807) is 4.90 Å². The van der Waals surface area contributed by atoms with Gasteiger partial charge in [-0.05, 0) is 59.8 Å². The van der Waals surface area contributed by atoms with E-state index in [1.165, 1.54) is 0 Å². The predicted octanol–water partition coefficient (Wildman–Crippen LogP) is 3.39. The first kappa shape index (κ1) is 16.1. The van der Waals surface area contributed by atoms with E-state index >= 15 is 0 Å². The third kappa shape index (κ3) is 2.91. The van der Waals surface area contributed by atoms with Crippen LogP contribution in [0, 0.1) is 0 Å². The summed E-state index contributed by atoms with van der Waals surface area (Å²) < 4.78 is 1.87. The van der Waals surface area contributed by atoms with E-state index in [0.29, 0.717) is 11.7 Å². The van der Waals surface area contributed by atoms with Gasteiger partial charge < -0.3 is 10.8 Å². The van der Waals surface area contributed by atoms with E-state index in [1.807, 2.05) is 10.7 Å². The smallest absolute Gasteiger partial charge is 0.408 e. The van der Waals surface area contributed by atoms with Gasteiger partial charge in [-0.1, -0.05) is 0 Å². The van der Waals surface area contributed by atoms with Crippen LogP contribution >= 0.6 is 0 Å². The summed E-state index contributed by atoms with van der Waals surface area (Å²) in [4.78, 5) is 13.4. The molecule has 2 aliphatic carbocycles. The van der Waals surface area contributed by atoms with E-state index in [-0.39, 0.29) is 17.1 Å². The zero-order valence-electron chi connectivity index (χ0n) is 14.5. The van der Waals surface area contributed by atoms with Crippen LogP contribution in [-0.2, 0) is 5.54 Å². The highest BCUT2D eigenvalue weighted by Gasteiger charge is 2.50. The molecule has 6 nitrogen and oxygen atoms in total. The summed E-state index contributed by atoms with van der Waals surface area (Å²) in [5, 5.41) is 14.3. The van der Waals surface area contributed by atoms with Crippen molar-refractivity contribution in [3.63, 3.8) is 0 Å². The summed E-state index contributed by atoms with van der Waals surface area (Å²) >= 11 is 0. The van der Waals surface area contributed by atoms with Crippen molar-refractivity contribution in [2.45, 2.75) is 82.8 Å². The minimum atomic E-state index is -0.782. The van der Waals surface area contributed by atoms with Gasteiger partial charge in [0.25, 0.3) is 0 Å². The first-order valence-electron chi connectivity index (χ1n) is 8.50. The van der Waals surface area contributed by atoms with Gasteiger partial charge >= 0.3 is 6.09 Å². The molecule has 0 bridgehead atoms. The molecule has 0 aromatic carbocycles. The number of carboxylic acid groups (broad SMARTS) is 1. The summed E-state index contributed by atoms with van der Waals surface area (Å²) in [5.41, 5.74) is 6.83. The van der Waals surface area contributed by atoms with Gasteiger partial charge in [-0.25, -0.2) is 9.48 Å². The SMILES string of the molecule is CC1(N(C(=O)O)[C@@H]2CC[C@H](c3cc(N)n(C(C)(C)C)n3)C2)CC1. The van der Waals surface area contributed by atoms with Crippen molar-refractivity contribution in [3.05, 3.63) is 11.8 Å². The quantitative estimate of drug-likeness (QED) is 0.894. The summed E-state index contributed by atoms with van der Waals surface area (Å²) in [6.45, 7) is 8.30. The first-order valence-corrected chi connectivity index (χ1v) is 8.50. The average Bonchev–Trinajstić information content (AvgIpc) is 2.86. The number of anilines is 1. The molecular weight excluding hydrogens is 292 g/mol. The Morgan fingerprint density at radius 3 is 2.57 bits per heavy atom. The Bertz CT molecular complexity index is 613. The van der Waals surface area contributed by atoms with Gasteiger partial charge in [-0.15, -0.1) is 0 Å². The molecule has 2 saturated carbocycles. The highest BCUT2D eigenvalue weighted by molar-refractivity contribution is 5.67. The second kappa shape index (κ2) is 5.14. The van der Waals surface area contributed by atoms with Crippen molar-refractivity contribution < 1.29 is 9.90 Å². The normalized spacial score (nSPS) is 26.3. The number of aromatic nitrogens is 2. The molecule has 2 fully saturated rings.